The van der Waals surface area contributed by atoms with Crippen molar-refractivity contribution in [2.24, 2.45) is 23.7 Å². The van der Waals surface area contributed by atoms with Gasteiger partial charge in [-0.1, -0.05) is 43.9 Å². The number of imide groups is 1. The van der Waals surface area contributed by atoms with E-state index >= 15 is 0 Å². The standard InChI is InChI=1S/C44H57N3O8/c1-27-18-21-47(20-9-10-32(27)24-38(50)55-43(4,5)6)39(40(54-8)29(3)48)31-13-11-30(12-14-31)17-19-44(41(51)45-42(52)46-44)26-28(2)34-22-33-15-16-35(53-7)25-36(33)37(49)23-34/h11-16,25,27-28,32,34,39-40H,9-10,18,20-24,26H2,1-8H3,(H2,45,46,51,52). The van der Waals surface area contributed by atoms with Crippen LogP contribution in [0, 0.1) is 35.5 Å². The van der Waals surface area contributed by atoms with E-state index in [9.17, 15) is 24.0 Å². The van der Waals surface area contributed by atoms with Gasteiger partial charge >= 0.3 is 12.0 Å². The molecule has 0 saturated carbocycles. The highest BCUT2D eigenvalue weighted by molar-refractivity contribution is 6.09. The fourth-order valence-electron chi connectivity index (χ4n) is 8.42. The van der Waals surface area contributed by atoms with Crippen LogP contribution in [0.15, 0.2) is 42.5 Å². The van der Waals surface area contributed by atoms with Gasteiger partial charge in [0.25, 0.3) is 5.91 Å². The summed E-state index contributed by atoms with van der Waals surface area (Å²) < 4.78 is 16.7. The SMILES string of the molecule is COc1ccc2c(c1)C(=O)CC(C(C)CC1(C#Cc3ccc(C(C(OC)C(C)=O)N4CCCC(CC(=O)OC(C)(C)C)C(C)CC4)cc3)NC(=O)NC1=O)C2. The van der Waals surface area contributed by atoms with E-state index in [0.717, 1.165) is 43.5 Å². The zero-order valence-corrected chi connectivity index (χ0v) is 33.6. The van der Waals surface area contributed by atoms with E-state index in [1.807, 2.05) is 64.1 Å². The molecule has 5 rings (SSSR count). The average Bonchev–Trinajstić information content (AvgIpc) is 3.40. The Balaban J connectivity index is 1.33. The van der Waals surface area contributed by atoms with Crippen molar-refractivity contribution in [3.63, 3.8) is 0 Å². The Hall–Kier alpha value is -4.53. The maximum atomic E-state index is 13.3. The molecule has 2 N–H and O–H groups in total. The molecule has 2 aromatic carbocycles. The highest BCUT2D eigenvalue weighted by Crippen LogP contribution is 2.37. The van der Waals surface area contributed by atoms with Crippen LogP contribution in [0.5, 0.6) is 5.75 Å². The van der Waals surface area contributed by atoms with Gasteiger partial charge in [-0.3, -0.25) is 29.4 Å². The minimum Gasteiger partial charge on any atom is -0.497 e. The lowest BCUT2D eigenvalue weighted by Gasteiger charge is -2.39. The van der Waals surface area contributed by atoms with Crippen molar-refractivity contribution >= 4 is 29.5 Å². The number of rotatable bonds is 11. The maximum Gasteiger partial charge on any atom is 0.323 e. The summed E-state index contributed by atoms with van der Waals surface area (Å²) in [5.41, 5.74) is 1.18. The van der Waals surface area contributed by atoms with Crippen LogP contribution in [0.2, 0.25) is 0 Å². The summed E-state index contributed by atoms with van der Waals surface area (Å²) in [6, 6.07) is 12.2. The Labute approximate surface area is 325 Å². The molecule has 0 spiro atoms. The summed E-state index contributed by atoms with van der Waals surface area (Å²) in [7, 11) is 3.13. The van der Waals surface area contributed by atoms with Gasteiger partial charge in [-0.15, -0.1) is 0 Å². The number of hydrogen-bond acceptors (Lipinski definition) is 9. The predicted octanol–water partition coefficient (Wildman–Crippen LogP) is 6.21. The van der Waals surface area contributed by atoms with Crippen LogP contribution < -0.4 is 15.4 Å². The molecule has 7 atom stereocenters. The zero-order valence-electron chi connectivity index (χ0n) is 33.6. The number of esters is 1. The first-order valence-corrected chi connectivity index (χ1v) is 19.5. The molecular formula is C44H57N3O8. The number of hydrogen-bond donors (Lipinski definition) is 2. The number of urea groups is 1. The third-order valence-corrected chi connectivity index (χ3v) is 11.5. The number of Topliss-reactive ketones (excluding diaryl/α,β-unsaturated/α-hetero) is 2. The molecule has 0 bridgehead atoms. The van der Waals surface area contributed by atoms with Crippen LogP contribution in [0.25, 0.3) is 0 Å². The first-order chi connectivity index (χ1) is 26.0. The predicted molar refractivity (Wildman–Crippen MR) is 208 cm³/mol. The molecule has 2 heterocycles. The topological polar surface area (TPSA) is 140 Å². The van der Waals surface area contributed by atoms with Crippen molar-refractivity contribution in [2.45, 2.75) is 110 Å². The maximum absolute atomic E-state index is 13.3. The summed E-state index contributed by atoms with van der Waals surface area (Å²) in [6.45, 7) is 12.9. The lowest BCUT2D eigenvalue weighted by atomic mass is 9.73. The molecule has 2 aliphatic heterocycles. The lowest BCUT2D eigenvalue weighted by molar-refractivity contribution is -0.156. The van der Waals surface area contributed by atoms with Crippen molar-refractivity contribution < 1.29 is 38.2 Å². The molecule has 3 aliphatic rings. The molecule has 296 valence electrons. The van der Waals surface area contributed by atoms with Crippen LogP contribution >= 0.6 is 0 Å². The van der Waals surface area contributed by atoms with E-state index in [4.69, 9.17) is 14.2 Å². The first-order valence-electron chi connectivity index (χ1n) is 19.5. The number of likely N-dealkylation sites (tertiary alicyclic amines) is 1. The van der Waals surface area contributed by atoms with Gasteiger partial charge in [-0.25, -0.2) is 4.79 Å². The zero-order chi connectivity index (χ0) is 40.1. The minimum atomic E-state index is -1.46. The smallest absolute Gasteiger partial charge is 0.323 e. The average molecular weight is 756 g/mol. The molecule has 55 heavy (non-hydrogen) atoms. The van der Waals surface area contributed by atoms with Gasteiger partial charge in [0.15, 0.2) is 17.1 Å². The largest absolute Gasteiger partial charge is 0.497 e. The molecule has 11 nitrogen and oxygen atoms in total. The molecule has 2 saturated heterocycles. The van der Waals surface area contributed by atoms with Crippen molar-refractivity contribution in [1.29, 1.82) is 0 Å². The van der Waals surface area contributed by atoms with Gasteiger partial charge in [0.2, 0.25) is 0 Å². The summed E-state index contributed by atoms with van der Waals surface area (Å²) in [4.78, 5) is 66.8. The van der Waals surface area contributed by atoms with E-state index in [-0.39, 0.29) is 53.7 Å². The number of carbonyl (C=O) groups excluding carboxylic acids is 5. The number of nitrogens with one attached hydrogen (secondary N) is 2. The van der Waals surface area contributed by atoms with E-state index in [0.29, 0.717) is 36.1 Å². The van der Waals surface area contributed by atoms with Gasteiger partial charge in [-0.05, 0) is 132 Å². The molecule has 0 aromatic heterocycles. The fraction of sp³-hybridized carbons (Fsp3) is 0.568. The van der Waals surface area contributed by atoms with E-state index in [1.165, 1.54) is 0 Å². The second-order valence-electron chi connectivity index (χ2n) is 16.7. The molecule has 2 fully saturated rings. The number of carbonyl (C=O) groups is 5. The van der Waals surface area contributed by atoms with Crippen LogP contribution in [0.3, 0.4) is 0 Å². The Morgan fingerprint density at radius 2 is 1.75 bits per heavy atom. The number of nitrogens with zero attached hydrogens (tertiary/aromatic N) is 1. The van der Waals surface area contributed by atoms with E-state index in [1.54, 1.807) is 27.2 Å². The van der Waals surface area contributed by atoms with Crippen LogP contribution in [0.4, 0.5) is 4.79 Å². The first kappa shape index (κ1) is 41.6. The van der Waals surface area contributed by atoms with E-state index in [2.05, 4.69) is 34.3 Å². The lowest BCUT2D eigenvalue weighted by Crippen LogP contribution is -2.48. The Morgan fingerprint density at radius 1 is 1.02 bits per heavy atom. The number of methoxy groups -OCH3 is 2. The molecule has 1 aliphatic carbocycles. The number of ketones is 2. The third-order valence-electron chi connectivity index (χ3n) is 11.5. The molecule has 7 unspecified atom stereocenters. The van der Waals surface area contributed by atoms with Crippen molar-refractivity contribution in [2.75, 3.05) is 27.3 Å². The van der Waals surface area contributed by atoms with Crippen LogP contribution in [0.1, 0.15) is 113 Å². The second-order valence-corrected chi connectivity index (χ2v) is 16.7. The van der Waals surface area contributed by atoms with Gasteiger partial charge in [0.05, 0.1) is 13.2 Å². The van der Waals surface area contributed by atoms with Gasteiger partial charge < -0.3 is 19.5 Å². The summed E-state index contributed by atoms with van der Waals surface area (Å²) in [5, 5.41) is 5.15. The van der Waals surface area contributed by atoms with Crippen LogP contribution in [-0.4, -0.2) is 78.9 Å². The number of benzene rings is 2. The molecular weight excluding hydrogens is 698 g/mol. The summed E-state index contributed by atoms with van der Waals surface area (Å²) in [6.07, 6.45) is 3.53. The quantitative estimate of drug-likeness (QED) is 0.156. The third kappa shape index (κ3) is 10.2. The number of ether oxygens (including phenoxy) is 3. The minimum absolute atomic E-state index is 0.0311. The van der Waals surface area contributed by atoms with E-state index < -0.39 is 29.2 Å². The summed E-state index contributed by atoms with van der Waals surface area (Å²) in [5.74, 6) is 6.52. The highest BCUT2D eigenvalue weighted by Gasteiger charge is 2.47. The Kier molecular flexibility index (Phi) is 13.3. The van der Waals surface area contributed by atoms with Crippen molar-refractivity contribution in [1.82, 2.24) is 15.5 Å². The Bertz CT molecular complexity index is 1820. The van der Waals surface area contributed by atoms with Crippen molar-refractivity contribution in [3.05, 3.63) is 64.7 Å². The molecule has 2 aromatic rings. The van der Waals surface area contributed by atoms with Crippen LogP contribution in [-0.2, 0) is 30.3 Å². The molecule has 3 amide bonds. The Morgan fingerprint density at radius 3 is 2.36 bits per heavy atom. The second kappa shape index (κ2) is 17.5. The molecule has 0 radical (unpaired) electrons. The van der Waals surface area contributed by atoms with Gasteiger partial charge in [-0.2, -0.15) is 0 Å². The number of fused-ring (bicyclic) bond motifs is 1. The fourth-order valence-corrected chi connectivity index (χ4v) is 8.42. The van der Waals surface area contributed by atoms with Gasteiger partial charge in [0, 0.05) is 31.1 Å². The highest BCUT2D eigenvalue weighted by atomic mass is 16.6. The summed E-state index contributed by atoms with van der Waals surface area (Å²) >= 11 is 0. The van der Waals surface area contributed by atoms with Crippen molar-refractivity contribution in [3.8, 4) is 17.6 Å². The number of amides is 3. The molecule has 11 heteroatoms. The van der Waals surface area contributed by atoms with Gasteiger partial charge in [0.1, 0.15) is 17.5 Å². The monoisotopic (exact) mass is 755 g/mol. The normalized spacial score (nSPS) is 24.8.